The summed E-state index contributed by atoms with van der Waals surface area (Å²) in [5.74, 6) is 0.844. The number of para-hydroxylation sites is 2. The molecule has 0 radical (unpaired) electrons. The van der Waals surface area contributed by atoms with Gasteiger partial charge in [-0.05, 0) is 74.1 Å². The van der Waals surface area contributed by atoms with Gasteiger partial charge in [0, 0.05) is 16.3 Å². The predicted molar refractivity (Wildman–Crippen MR) is 179 cm³/mol. The van der Waals surface area contributed by atoms with Crippen molar-refractivity contribution in [3.63, 3.8) is 0 Å². The lowest BCUT2D eigenvalue weighted by molar-refractivity contribution is 1.08. The van der Waals surface area contributed by atoms with Gasteiger partial charge in [-0.15, -0.1) is 0 Å². The minimum Gasteiger partial charge on any atom is -0.292 e. The van der Waals surface area contributed by atoms with E-state index in [0.29, 0.717) is 0 Å². The second kappa shape index (κ2) is 8.37. The van der Waals surface area contributed by atoms with E-state index >= 15 is 0 Å². The standard InChI is InChI=1S/C40H23N3/c1-2-10-26-23-27(20-19-24(26)9-1)39-40(42-33-17-6-5-16-32(33)41-39)43-34-18-8-15-31-29-13-4-3-12-28(29)30-14-7-11-25-21-22-35(43)38(36(25)30)37(31)34/h1-23H. The van der Waals surface area contributed by atoms with Gasteiger partial charge in [0.25, 0.3) is 0 Å². The van der Waals surface area contributed by atoms with Gasteiger partial charge in [-0.2, -0.15) is 0 Å². The molecule has 198 valence electrons. The number of nitrogens with zero attached hydrogens (tertiary/aromatic N) is 3. The molecule has 10 rings (SSSR count). The highest BCUT2D eigenvalue weighted by Crippen LogP contribution is 2.49. The van der Waals surface area contributed by atoms with Crippen LogP contribution >= 0.6 is 0 Å². The van der Waals surface area contributed by atoms with Gasteiger partial charge >= 0.3 is 0 Å². The van der Waals surface area contributed by atoms with E-state index in [2.05, 4.69) is 132 Å². The lowest BCUT2D eigenvalue weighted by atomic mass is 9.93. The van der Waals surface area contributed by atoms with Crippen molar-refractivity contribution >= 4 is 54.4 Å². The zero-order valence-electron chi connectivity index (χ0n) is 23.1. The minimum atomic E-state index is 0.844. The smallest absolute Gasteiger partial charge is 0.165 e. The molecular formula is C40H23N3. The molecular weight excluding hydrogens is 522 g/mol. The summed E-state index contributed by atoms with van der Waals surface area (Å²) in [6.07, 6.45) is 0. The Hall–Kier alpha value is -5.80. The van der Waals surface area contributed by atoms with Gasteiger partial charge in [0.15, 0.2) is 5.82 Å². The van der Waals surface area contributed by atoms with E-state index in [-0.39, 0.29) is 0 Å². The minimum absolute atomic E-state index is 0.844. The lowest BCUT2D eigenvalue weighted by Crippen LogP contribution is -2.04. The Labute approximate surface area is 247 Å². The Morgan fingerprint density at radius 1 is 0.395 bits per heavy atom. The Morgan fingerprint density at radius 2 is 1.00 bits per heavy atom. The Kier molecular flexibility index (Phi) is 4.45. The number of fused-ring (bicyclic) bond motifs is 5. The zero-order chi connectivity index (χ0) is 28.1. The first kappa shape index (κ1) is 22.8. The summed E-state index contributed by atoms with van der Waals surface area (Å²) >= 11 is 0. The van der Waals surface area contributed by atoms with Crippen LogP contribution in [0.25, 0.3) is 93.7 Å². The molecule has 1 aliphatic carbocycles. The third-order valence-corrected chi connectivity index (χ3v) is 9.09. The normalized spacial score (nSPS) is 12.2. The van der Waals surface area contributed by atoms with E-state index in [9.17, 15) is 0 Å². The molecule has 0 spiro atoms. The van der Waals surface area contributed by atoms with E-state index in [0.717, 1.165) is 39.1 Å². The van der Waals surface area contributed by atoms with Crippen LogP contribution in [0.3, 0.4) is 0 Å². The summed E-state index contributed by atoms with van der Waals surface area (Å²) in [4.78, 5) is 10.7. The molecule has 2 aromatic heterocycles. The van der Waals surface area contributed by atoms with E-state index in [1.807, 2.05) is 12.1 Å². The number of benzene rings is 7. The van der Waals surface area contributed by atoms with Gasteiger partial charge in [-0.25, -0.2) is 9.97 Å². The van der Waals surface area contributed by atoms with Gasteiger partial charge in [0.2, 0.25) is 0 Å². The highest BCUT2D eigenvalue weighted by atomic mass is 15.1. The van der Waals surface area contributed by atoms with Crippen molar-refractivity contribution < 1.29 is 0 Å². The molecule has 2 heterocycles. The van der Waals surface area contributed by atoms with Crippen molar-refractivity contribution in [2.75, 3.05) is 0 Å². The summed E-state index contributed by atoms with van der Waals surface area (Å²) < 4.78 is 2.35. The Balaban J connectivity index is 1.41. The maximum absolute atomic E-state index is 5.37. The Morgan fingerprint density at radius 3 is 1.84 bits per heavy atom. The highest BCUT2D eigenvalue weighted by molar-refractivity contribution is 6.30. The number of rotatable bonds is 2. The molecule has 43 heavy (non-hydrogen) atoms. The van der Waals surface area contributed by atoms with Crippen molar-refractivity contribution in [1.29, 1.82) is 0 Å². The fourth-order valence-electron chi connectivity index (χ4n) is 7.23. The molecule has 0 amide bonds. The zero-order valence-corrected chi connectivity index (χ0v) is 23.1. The molecule has 0 saturated carbocycles. The largest absolute Gasteiger partial charge is 0.292 e. The SMILES string of the molecule is c1ccc2c(c1)-c1cccc3ccc4c(c13)c1c-2cccc1n4-c1nc2ccccc2nc1-c1ccc2ccccc2c1. The van der Waals surface area contributed by atoms with Crippen LogP contribution in [0.2, 0.25) is 0 Å². The van der Waals surface area contributed by atoms with Crippen LogP contribution in [0.15, 0.2) is 140 Å². The monoisotopic (exact) mass is 545 g/mol. The fourth-order valence-corrected chi connectivity index (χ4v) is 7.23. The summed E-state index contributed by atoms with van der Waals surface area (Å²) in [5, 5.41) is 7.47. The second-order valence-electron chi connectivity index (χ2n) is 11.4. The summed E-state index contributed by atoms with van der Waals surface area (Å²) in [7, 11) is 0. The predicted octanol–water partition coefficient (Wildman–Crippen LogP) is 10.3. The molecule has 0 unspecified atom stereocenters. The van der Waals surface area contributed by atoms with Crippen molar-refractivity contribution in [1.82, 2.24) is 14.5 Å². The molecule has 0 saturated heterocycles. The first-order chi connectivity index (χ1) is 21.3. The third kappa shape index (κ3) is 3.08. The third-order valence-electron chi connectivity index (χ3n) is 9.09. The fraction of sp³-hybridized carbons (Fsp3) is 0. The van der Waals surface area contributed by atoms with E-state index < -0.39 is 0 Å². The van der Waals surface area contributed by atoms with Crippen LogP contribution < -0.4 is 0 Å². The summed E-state index contributed by atoms with van der Waals surface area (Å²) in [6, 6.07) is 50.0. The Bertz CT molecular complexity index is 2630. The maximum atomic E-state index is 5.37. The molecule has 0 aliphatic heterocycles. The first-order valence-corrected chi connectivity index (χ1v) is 14.7. The molecule has 0 bridgehead atoms. The van der Waals surface area contributed by atoms with Crippen LogP contribution in [0.4, 0.5) is 0 Å². The van der Waals surface area contributed by atoms with Crippen LogP contribution in [0, 0.1) is 0 Å². The van der Waals surface area contributed by atoms with Gasteiger partial charge < -0.3 is 0 Å². The van der Waals surface area contributed by atoms with Gasteiger partial charge in [-0.3, -0.25) is 4.57 Å². The average Bonchev–Trinajstić information content (AvgIpc) is 3.35. The van der Waals surface area contributed by atoms with E-state index in [4.69, 9.17) is 9.97 Å². The molecule has 0 N–H and O–H groups in total. The molecule has 3 heteroatoms. The van der Waals surface area contributed by atoms with Crippen molar-refractivity contribution in [3.05, 3.63) is 140 Å². The molecule has 0 fully saturated rings. The number of hydrogen-bond acceptors (Lipinski definition) is 2. The van der Waals surface area contributed by atoms with E-state index in [1.165, 1.54) is 54.6 Å². The second-order valence-corrected chi connectivity index (χ2v) is 11.4. The van der Waals surface area contributed by atoms with Crippen molar-refractivity contribution in [3.8, 4) is 39.3 Å². The van der Waals surface area contributed by atoms with Gasteiger partial charge in [0.1, 0.15) is 5.69 Å². The first-order valence-electron chi connectivity index (χ1n) is 14.7. The van der Waals surface area contributed by atoms with Crippen molar-refractivity contribution in [2.45, 2.75) is 0 Å². The topological polar surface area (TPSA) is 30.7 Å². The average molecular weight is 546 g/mol. The lowest BCUT2D eigenvalue weighted by Gasteiger charge is -2.16. The molecule has 9 aromatic rings. The van der Waals surface area contributed by atoms with Gasteiger partial charge in [-0.1, -0.05) is 109 Å². The van der Waals surface area contributed by atoms with Crippen LogP contribution in [0.5, 0.6) is 0 Å². The van der Waals surface area contributed by atoms with Crippen LogP contribution in [-0.4, -0.2) is 14.5 Å². The number of aromatic nitrogens is 3. The van der Waals surface area contributed by atoms with E-state index in [1.54, 1.807) is 0 Å². The summed E-state index contributed by atoms with van der Waals surface area (Å²) in [6.45, 7) is 0. The molecule has 7 aromatic carbocycles. The van der Waals surface area contributed by atoms with Gasteiger partial charge in [0.05, 0.1) is 22.1 Å². The van der Waals surface area contributed by atoms with Crippen molar-refractivity contribution in [2.24, 2.45) is 0 Å². The summed E-state index contributed by atoms with van der Waals surface area (Å²) in [5.41, 5.74) is 11.0. The van der Waals surface area contributed by atoms with Crippen LogP contribution in [-0.2, 0) is 0 Å². The molecule has 3 nitrogen and oxygen atoms in total. The van der Waals surface area contributed by atoms with Crippen LogP contribution in [0.1, 0.15) is 0 Å². The molecule has 0 atom stereocenters. The number of hydrogen-bond donors (Lipinski definition) is 0. The quantitative estimate of drug-likeness (QED) is 0.216. The highest BCUT2D eigenvalue weighted by Gasteiger charge is 2.26. The molecule has 1 aliphatic rings. The maximum Gasteiger partial charge on any atom is 0.165 e.